The van der Waals surface area contributed by atoms with E-state index in [1.165, 1.54) is 23.3 Å². The Kier molecular flexibility index (Phi) is 1.64. The van der Waals surface area contributed by atoms with Gasteiger partial charge in [-0.1, -0.05) is 4.49 Å². The number of hydrogen-bond acceptors (Lipinski definition) is 4. The van der Waals surface area contributed by atoms with E-state index in [2.05, 4.69) is 15.8 Å². The highest BCUT2D eigenvalue weighted by molar-refractivity contribution is 8.02. The normalized spacial score (nSPS) is 9.29. The minimum absolute atomic E-state index is 1.06. The quantitative estimate of drug-likeness (QED) is 0.539. The van der Waals surface area contributed by atoms with Crippen LogP contribution in [0.5, 0.6) is 0 Å². The lowest BCUT2D eigenvalue weighted by Crippen LogP contribution is -1.52. The van der Waals surface area contributed by atoms with E-state index in [4.69, 9.17) is 0 Å². The Hall–Kier alpha value is -0.0900. The first-order chi connectivity index (χ1) is 3.43. The van der Waals surface area contributed by atoms with Crippen LogP contribution in [-0.2, 0) is 0 Å². The molecular weight excluding hydrogens is 128 g/mol. The third kappa shape index (κ3) is 1.14. The van der Waals surface area contributed by atoms with Crippen LogP contribution in [0.2, 0.25) is 0 Å². The van der Waals surface area contributed by atoms with Crippen molar-refractivity contribution in [2.24, 2.45) is 0 Å². The molecule has 1 heterocycles. The van der Waals surface area contributed by atoms with Crippen LogP contribution in [-0.4, -0.2) is 9.59 Å². The number of hydrogen-bond donors (Lipinski definition) is 0. The molecule has 4 heteroatoms. The zero-order valence-corrected chi connectivity index (χ0v) is 5.13. The third-order valence-electron chi connectivity index (χ3n) is 0.483. The van der Waals surface area contributed by atoms with E-state index >= 15 is 0 Å². The number of nitrogens with zero attached hydrogens (tertiary/aromatic N) is 2. The lowest BCUT2D eigenvalue weighted by molar-refractivity contribution is 1.15. The van der Waals surface area contributed by atoms with Crippen molar-refractivity contribution in [3.63, 3.8) is 0 Å². The number of thioether (sulfide) groups is 1. The van der Waals surface area contributed by atoms with E-state index in [9.17, 15) is 0 Å². The standard InChI is InChI=1S/C3H3N2S2/c1-6-3-2-4-5-7-3/h2H,1H2. The van der Waals surface area contributed by atoms with Gasteiger partial charge in [0.05, 0.1) is 6.20 Å². The van der Waals surface area contributed by atoms with Crippen molar-refractivity contribution in [2.45, 2.75) is 4.21 Å². The summed E-state index contributed by atoms with van der Waals surface area (Å²) in [4.78, 5) is 0. The summed E-state index contributed by atoms with van der Waals surface area (Å²) in [7, 11) is 0. The Morgan fingerprint density at radius 3 is 3.00 bits per heavy atom. The Morgan fingerprint density at radius 1 is 1.86 bits per heavy atom. The topological polar surface area (TPSA) is 25.8 Å². The van der Waals surface area contributed by atoms with Gasteiger partial charge in [-0.2, -0.15) is 0 Å². The molecule has 0 aliphatic carbocycles. The highest BCUT2D eigenvalue weighted by Gasteiger charge is 1.87. The fourth-order valence-electron chi connectivity index (χ4n) is 0.222. The van der Waals surface area contributed by atoms with Gasteiger partial charge in [-0.15, -0.1) is 16.9 Å². The molecule has 0 amide bonds. The van der Waals surface area contributed by atoms with Gasteiger partial charge in [-0.25, -0.2) is 0 Å². The van der Waals surface area contributed by atoms with Crippen LogP contribution in [0.3, 0.4) is 0 Å². The van der Waals surface area contributed by atoms with Crippen molar-refractivity contribution in [3.05, 3.63) is 12.5 Å². The Bertz CT molecular complexity index is 125. The van der Waals surface area contributed by atoms with Crippen LogP contribution in [0, 0.1) is 6.26 Å². The number of aromatic nitrogens is 2. The fourth-order valence-corrected chi connectivity index (χ4v) is 0.923. The van der Waals surface area contributed by atoms with Crippen LogP contribution in [0.4, 0.5) is 0 Å². The van der Waals surface area contributed by atoms with Gasteiger partial charge in [0.25, 0.3) is 0 Å². The minimum Gasteiger partial charge on any atom is -0.145 e. The van der Waals surface area contributed by atoms with Crippen LogP contribution >= 0.6 is 23.3 Å². The molecule has 0 atom stereocenters. The van der Waals surface area contributed by atoms with Crippen molar-refractivity contribution in [1.82, 2.24) is 9.59 Å². The average Bonchev–Trinajstić information content (AvgIpc) is 2.14. The molecule has 1 rings (SSSR count). The third-order valence-corrected chi connectivity index (χ3v) is 1.91. The van der Waals surface area contributed by atoms with Gasteiger partial charge in [-0.3, -0.25) is 0 Å². The van der Waals surface area contributed by atoms with Gasteiger partial charge < -0.3 is 0 Å². The first kappa shape index (κ1) is 5.05. The molecular formula is C3H3N2S2. The Labute approximate surface area is 50.1 Å². The largest absolute Gasteiger partial charge is 0.145 e. The van der Waals surface area contributed by atoms with Gasteiger partial charge in [0.2, 0.25) is 0 Å². The second kappa shape index (κ2) is 2.28. The highest BCUT2D eigenvalue weighted by atomic mass is 32.2. The van der Waals surface area contributed by atoms with E-state index in [0.717, 1.165) is 4.21 Å². The summed E-state index contributed by atoms with van der Waals surface area (Å²) in [5.41, 5.74) is 0. The van der Waals surface area contributed by atoms with Crippen LogP contribution in [0.1, 0.15) is 0 Å². The fraction of sp³-hybridized carbons (Fsp3) is 0. The maximum Gasteiger partial charge on any atom is 0.101 e. The summed E-state index contributed by atoms with van der Waals surface area (Å²) in [5.74, 6) is 0. The molecule has 0 bridgehead atoms. The lowest BCUT2D eigenvalue weighted by atomic mass is 11.0. The van der Waals surface area contributed by atoms with Crippen molar-refractivity contribution in [3.8, 4) is 0 Å². The molecule has 0 N–H and O–H groups in total. The first-order valence-corrected chi connectivity index (χ1v) is 3.39. The molecule has 0 fully saturated rings. The lowest BCUT2D eigenvalue weighted by Gasteiger charge is -1.74. The zero-order valence-electron chi connectivity index (χ0n) is 3.50. The van der Waals surface area contributed by atoms with E-state index in [1.54, 1.807) is 6.20 Å². The molecule has 0 aliphatic rings. The van der Waals surface area contributed by atoms with Crippen LogP contribution in [0.25, 0.3) is 0 Å². The van der Waals surface area contributed by atoms with E-state index in [-0.39, 0.29) is 0 Å². The number of rotatable bonds is 1. The summed E-state index contributed by atoms with van der Waals surface area (Å²) in [6.07, 6.45) is 5.27. The van der Waals surface area contributed by atoms with Crippen molar-refractivity contribution >= 4 is 23.3 Å². The second-order valence-corrected chi connectivity index (χ2v) is 2.65. The van der Waals surface area contributed by atoms with Gasteiger partial charge in [-0.05, 0) is 11.5 Å². The van der Waals surface area contributed by atoms with Crippen molar-refractivity contribution in [1.29, 1.82) is 0 Å². The predicted molar refractivity (Wildman–Crippen MR) is 31.1 cm³/mol. The molecule has 1 aromatic heterocycles. The molecule has 2 nitrogen and oxygen atoms in total. The minimum atomic E-state index is 1.06. The summed E-state index contributed by atoms with van der Waals surface area (Å²) in [5, 5.41) is 3.60. The maximum atomic E-state index is 3.62. The average molecular weight is 131 g/mol. The van der Waals surface area contributed by atoms with Crippen molar-refractivity contribution in [2.75, 3.05) is 0 Å². The highest BCUT2D eigenvalue weighted by Crippen LogP contribution is 2.16. The van der Waals surface area contributed by atoms with E-state index < -0.39 is 0 Å². The Morgan fingerprint density at radius 2 is 2.71 bits per heavy atom. The van der Waals surface area contributed by atoms with Gasteiger partial charge in [0.15, 0.2) is 0 Å². The summed E-state index contributed by atoms with van der Waals surface area (Å²) in [6, 6.07) is 0. The SMILES string of the molecule is [CH2]Sc1cnns1. The monoisotopic (exact) mass is 131 g/mol. The van der Waals surface area contributed by atoms with Gasteiger partial charge in [0, 0.05) is 6.26 Å². The first-order valence-electron chi connectivity index (χ1n) is 1.63. The molecule has 37 valence electrons. The molecule has 0 saturated heterocycles. The summed E-state index contributed by atoms with van der Waals surface area (Å²) < 4.78 is 4.68. The predicted octanol–water partition coefficient (Wildman–Crippen LogP) is 1.42. The second-order valence-electron chi connectivity index (χ2n) is 0.881. The van der Waals surface area contributed by atoms with Crippen molar-refractivity contribution < 1.29 is 0 Å². The molecule has 0 aromatic carbocycles. The smallest absolute Gasteiger partial charge is 0.101 e. The summed E-state index contributed by atoms with van der Waals surface area (Å²) in [6.45, 7) is 0. The Balaban J connectivity index is 2.76. The molecule has 0 unspecified atom stereocenters. The molecule has 0 aliphatic heterocycles. The van der Waals surface area contributed by atoms with Gasteiger partial charge >= 0.3 is 0 Å². The van der Waals surface area contributed by atoms with Gasteiger partial charge in [0.1, 0.15) is 4.21 Å². The molecule has 7 heavy (non-hydrogen) atoms. The zero-order chi connectivity index (χ0) is 5.11. The van der Waals surface area contributed by atoms with Crippen LogP contribution < -0.4 is 0 Å². The molecule has 0 saturated carbocycles. The van der Waals surface area contributed by atoms with Crippen LogP contribution in [0.15, 0.2) is 10.4 Å². The maximum absolute atomic E-state index is 3.62. The molecule has 1 aromatic rings. The summed E-state index contributed by atoms with van der Waals surface area (Å²) >= 11 is 2.78. The molecule has 1 radical (unpaired) electrons. The van der Waals surface area contributed by atoms with E-state index in [1.807, 2.05) is 0 Å². The van der Waals surface area contributed by atoms with E-state index in [0.29, 0.717) is 0 Å². The molecule has 0 spiro atoms.